The maximum atomic E-state index is 11.2. The minimum absolute atomic E-state index is 0.0507. The lowest BCUT2D eigenvalue weighted by Crippen LogP contribution is -2.22. The molecular weight excluding hydrogens is 280 g/mol. The Morgan fingerprint density at radius 3 is 2.67 bits per heavy atom. The maximum absolute atomic E-state index is 11.2. The van der Waals surface area contributed by atoms with E-state index in [9.17, 15) is 14.3 Å². The molecule has 0 aliphatic carbocycles. The smallest absolute Gasteiger partial charge is 0.332 e. The van der Waals surface area contributed by atoms with Gasteiger partial charge in [0.25, 0.3) is 0 Å². The molecule has 1 aromatic heterocycles. The Kier molecular flexibility index (Phi) is 4.97. The molecule has 0 saturated carbocycles. The van der Waals surface area contributed by atoms with Crippen molar-refractivity contribution in [1.82, 2.24) is 9.97 Å². The van der Waals surface area contributed by atoms with Gasteiger partial charge in [-0.3, -0.25) is 14.3 Å². The number of hydrogen-bond acceptors (Lipinski definition) is 6. The van der Waals surface area contributed by atoms with Crippen LogP contribution in [0.3, 0.4) is 0 Å². The molecule has 1 heterocycles. The molecule has 0 bridgehead atoms. The van der Waals surface area contributed by atoms with Crippen LogP contribution in [0.5, 0.6) is 0 Å². The van der Waals surface area contributed by atoms with E-state index < -0.39 is 15.7 Å². The van der Waals surface area contributed by atoms with Crippen molar-refractivity contribution in [3.63, 3.8) is 0 Å². The van der Waals surface area contributed by atoms with Gasteiger partial charge in [-0.15, -0.1) is 0 Å². The molecule has 0 aromatic carbocycles. The number of rotatable bonds is 5. The highest BCUT2D eigenvalue weighted by molar-refractivity contribution is 7.84. The number of nitro groups is 1. The molecule has 18 heavy (non-hydrogen) atoms. The second kappa shape index (κ2) is 6.05. The second-order valence-electron chi connectivity index (χ2n) is 3.72. The van der Waals surface area contributed by atoms with Crippen LogP contribution >= 0.6 is 11.6 Å². The topological polar surface area (TPSA) is 98.0 Å². The highest BCUT2D eigenvalue weighted by atomic mass is 35.5. The summed E-state index contributed by atoms with van der Waals surface area (Å²) >= 11 is 5.66. The molecule has 0 radical (unpaired) electrons. The standard InChI is InChI=1S/C9H13ClN4O3S/c1-5(18(3)17)4-11-8-7(14(15)16)6(2)12-9(10)13-8/h5H,4H2,1-3H3,(H,11,12,13). The first-order chi connectivity index (χ1) is 8.32. The van der Waals surface area contributed by atoms with Gasteiger partial charge in [-0.1, -0.05) is 0 Å². The number of anilines is 1. The summed E-state index contributed by atoms with van der Waals surface area (Å²) in [6.07, 6.45) is 1.57. The van der Waals surface area contributed by atoms with E-state index in [0.29, 0.717) is 6.54 Å². The summed E-state index contributed by atoms with van der Waals surface area (Å²) in [4.78, 5) is 17.9. The molecule has 0 aliphatic heterocycles. The molecule has 0 amide bonds. The van der Waals surface area contributed by atoms with Crippen LogP contribution in [0.1, 0.15) is 12.6 Å². The molecule has 9 heteroatoms. The van der Waals surface area contributed by atoms with E-state index in [1.165, 1.54) is 6.92 Å². The molecule has 0 fully saturated rings. The van der Waals surface area contributed by atoms with Crippen LogP contribution in [0, 0.1) is 17.0 Å². The fourth-order valence-electron chi connectivity index (χ4n) is 1.23. The van der Waals surface area contributed by atoms with Crippen molar-refractivity contribution in [3.05, 3.63) is 21.1 Å². The average Bonchev–Trinajstić information content (AvgIpc) is 2.23. The SMILES string of the molecule is Cc1nc(Cl)nc(NCC(C)S(C)=O)c1[N+](=O)[O-]. The molecule has 2 unspecified atom stereocenters. The van der Waals surface area contributed by atoms with Crippen molar-refractivity contribution in [2.45, 2.75) is 19.1 Å². The third-order valence-electron chi connectivity index (χ3n) is 2.34. The average molecular weight is 293 g/mol. The van der Waals surface area contributed by atoms with Gasteiger partial charge in [0, 0.05) is 28.9 Å². The van der Waals surface area contributed by atoms with Gasteiger partial charge >= 0.3 is 5.69 Å². The van der Waals surface area contributed by atoms with Gasteiger partial charge in [-0.2, -0.15) is 4.98 Å². The Labute approximate surface area is 112 Å². The quantitative estimate of drug-likeness (QED) is 0.502. The zero-order chi connectivity index (χ0) is 13.9. The summed E-state index contributed by atoms with van der Waals surface area (Å²) in [5.74, 6) is 0.0507. The first-order valence-electron chi connectivity index (χ1n) is 5.07. The first-order valence-corrected chi connectivity index (χ1v) is 7.07. The van der Waals surface area contributed by atoms with Crippen LogP contribution in [0.2, 0.25) is 5.28 Å². The van der Waals surface area contributed by atoms with Crippen LogP contribution in [-0.2, 0) is 10.8 Å². The van der Waals surface area contributed by atoms with Crippen LogP contribution in [-0.4, -0.2) is 37.2 Å². The van der Waals surface area contributed by atoms with Gasteiger partial charge < -0.3 is 5.32 Å². The fourth-order valence-corrected chi connectivity index (χ4v) is 1.76. The summed E-state index contributed by atoms with van der Waals surface area (Å²) in [5, 5.41) is 13.5. The summed E-state index contributed by atoms with van der Waals surface area (Å²) in [5.41, 5.74) is -0.0266. The lowest BCUT2D eigenvalue weighted by Gasteiger charge is -2.11. The van der Waals surface area contributed by atoms with Crippen molar-refractivity contribution < 1.29 is 9.13 Å². The van der Waals surface area contributed by atoms with E-state index in [-0.39, 0.29) is 27.7 Å². The highest BCUT2D eigenvalue weighted by Crippen LogP contribution is 2.26. The van der Waals surface area contributed by atoms with Crippen molar-refractivity contribution in [1.29, 1.82) is 0 Å². The fraction of sp³-hybridized carbons (Fsp3) is 0.556. The zero-order valence-corrected chi connectivity index (χ0v) is 11.7. The Hall–Kier alpha value is -1.28. The summed E-state index contributed by atoms with van der Waals surface area (Å²) < 4.78 is 11.2. The number of aromatic nitrogens is 2. The third kappa shape index (κ3) is 3.61. The van der Waals surface area contributed by atoms with E-state index in [2.05, 4.69) is 15.3 Å². The Morgan fingerprint density at radius 1 is 1.56 bits per heavy atom. The molecule has 2 atom stereocenters. The largest absolute Gasteiger partial charge is 0.363 e. The Bertz CT molecular complexity index is 497. The van der Waals surface area contributed by atoms with Gasteiger partial charge in [-0.25, -0.2) is 4.98 Å². The lowest BCUT2D eigenvalue weighted by atomic mass is 10.3. The molecule has 7 nitrogen and oxygen atoms in total. The van der Waals surface area contributed by atoms with E-state index in [4.69, 9.17) is 11.6 Å². The zero-order valence-electron chi connectivity index (χ0n) is 10.1. The molecule has 1 rings (SSSR count). The highest BCUT2D eigenvalue weighted by Gasteiger charge is 2.22. The molecular formula is C9H13ClN4O3S. The van der Waals surface area contributed by atoms with Gasteiger partial charge in [0.1, 0.15) is 5.69 Å². The predicted octanol–water partition coefficient (Wildman–Crippen LogP) is 1.53. The number of hydrogen-bond donors (Lipinski definition) is 1. The number of nitrogens with one attached hydrogen (secondary N) is 1. The van der Waals surface area contributed by atoms with E-state index in [1.807, 2.05) is 0 Å². The minimum Gasteiger partial charge on any atom is -0.363 e. The first kappa shape index (κ1) is 14.8. The summed E-state index contributed by atoms with van der Waals surface area (Å²) in [6.45, 7) is 3.56. The molecule has 0 aliphatic rings. The van der Waals surface area contributed by atoms with Crippen molar-refractivity contribution in [2.75, 3.05) is 18.1 Å². The summed E-state index contributed by atoms with van der Waals surface area (Å²) in [6, 6.07) is 0. The minimum atomic E-state index is -1.02. The van der Waals surface area contributed by atoms with Gasteiger partial charge in [0.15, 0.2) is 0 Å². The third-order valence-corrected chi connectivity index (χ3v) is 3.81. The Morgan fingerprint density at radius 2 is 2.17 bits per heavy atom. The van der Waals surface area contributed by atoms with Crippen molar-refractivity contribution in [3.8, 4) is 0 Å². The lowest BCUT2D eigenvalue weighted by molar-refractivity contribution is -0.385. The molecule has 100 valence electrons. The Balaban J connectivity index is 3.00. The number of aryl methyl sites for hydroxylation is 1. The summed E-state index contributed by atoms with van der Waals surface area (Å²) in [7, 11) is -1.02. The molecule has 1 aromatic rings. The van der Waals surface area contributed by atoms with Gasteiger partial charge in [-0.05, 0) is 25.4 Å². The molecule has 1 N–H and O–H groups in total. The monoisotopic (exact) mass is 292 g/mol. The molecule has 0 spiro atoms. The van der Waals surface area contributed by atoms with Crippen molar-refractivity contribution in [2.24, 2.45) is 0 Å². The predicted molar refractivity (Wildman–Crippen MR) is 70.5 cm³/mol. The normalized spacial score (nSPS) is 14.0. The van der Waals surface area contributed by atoms with Gasteiger partial charge in [0.2, 0.25) is 11.1 Å². The maximum Gasteiger partial charge on any atom is 0.332 e. The van der Waals surface area contributed by atoms with E-state index in [0.717, 1.165) is 0 Å². The second-order valence-corrected chi connectivity index (χ2v) is 5.86. The van der Waals surface area contributed by atoms with Crippen molar-refractivity contribution >= 4 is 33.9 Å². The van der Waals surface area contributed by atoms with Crippen LogP contribution in [0.4, 0.5) is 11.5 Å². The van der Waals surface area contributed by atoms with E-state index >= 15 is 0 Å². The van der Waals surface area contributed by atoms with Crippen LogP contribution in [0.15, 0.2) is 0 Å². The van der Waals surface area contributed by atoms with Crippen LogP contribution in [0.25, 0.3) is 0 Å². The molecule has 0 saturated heterocycles. The van der Waals surface area contributed by atoms with Crippen LogP contribution < -0.4 is 5.32 Å². The number of halogens is 1. The van der Waals surface area contributed by atoms with Gasteiger partial charge in [0.05, 0.1) is 4.92 Å². The van der Waals surface area contributed by atoms with E-state index in [1.54, 1.807) is 13.2 Å². The number of nitrogens with zero attached hydrogens (tertiary/aromatic N) is 3.